The van der Waals surface area contributed by atoms with Crippen molar-refractivity contribution < 1.29 is 19.1 Å². The average Bonchev–Trinajstić information content (AvgIpc) is 2.84. The first-order chi connectivity index (χ1) is 16.7. The summed E-state index contributed by atoms with van der Waals surface area (Å²) in [6, 6.07) is 9.95. The Morgan fingerprint density at radius 3 is 1.50 bits per heavy atom. The van der Waals surface area contributed by atoms with Crippen LogP contribution in [0.3, 0.4) is 0 Å². The number of carbonyl (C=O) groups excluding carboxylic acids is 2. The van der Waals surface area contributed by atoms with Crippen molar-refractivity contribution in [3.8, 4) is 0 Å². The van der Waals surface area contributed by atoms with Crippen molar-refractivity contribution in [3.05, 3.63) is 35.9 Å². The van der Waals surface area contributed by atoms with Gasteiger partial charge in [-0.1, -0.05) is 127 Å². The monoisotopic (exact) mass is 474 g/mol. The van der Waals surface area contributed by atoms with Crippen LogP contribution in [0.4, 0.5) is 0 Å². The third-order valence-corrected chi connectivity index (χ3v) is 6.27. The minimum absolute atomic E-state index is 0.206. The number of rotatable bonds is 23. The van der Waals surface area contributed by atoms with Crippen LogP contribution >= 0.6 is 0 Å². The molecule has 0 heterocycles. The van der Waals surface area contributed by atoms with Gasteiger partial charge in [0.1, 0.15) is 0 Å². The molecule has 0 bridgehead atoms. The molecular formula is C30H50O4. The molecule has 0 aliphatic heterocycles. The van der Waals surface area contributed by atoms with Gasteiger partial charge in [0.05, 0.1) is 13.2 Å². The summed E-state index contributed by atoms with van der Waals surface area (Å²) in [5, 5.41) is 0. The third-order valence-electron chi connectivity index (χ3n) is 6.27. The van der Waals surface area contributed by atoms with Crippen LogP contribution in [0.5, 0.6) is 0 Å². The molecule has 4 heteroatoms. The first-order valence-corrected chi connectivity index (χ1v) is 14.1. The third kappa shape index (κ3) is 19.6. The van der Waals surface area contributed by atoms with Gasteiger partial charge in [-0.25, -0.2) is 0 Å². The summed E-state index contributed by atoms with van der Waals surface area (Å²) in [6.07, 6.45) is 21.6. The van der Waals surface area contributed by atoms with Crippen LogP contribution in [-0.2, 0) is 25.5 Å². The summed E-state index contributed by atoms with van der Waals surface area (Å²) in [5.74, 6) is -0.450. The van der Waals surface area contributed by atoms with Gasteiger partial charge in [-0.15, -0.1) is 0 Å². The van der Waals surface area contributed by atoms with Crippen LogP contribution in [0.1, 0.15) is 128 Å². The Kier molecular flexibility index (Phi) is 20.4. The van der Waals surface area contributed by atoms with E-state index in [9.17, 15) is 9.59 Å². The predicted molar refractivity (Wildman–Crippen MR) is 141 cm³/mol. The number of carbonyl (C=O) groups is 2. The van der Waals surface area contributed by atoms with Crippen molar-refractivity contribution in [1.82, 2.24) is 0 Å². The van der Waals surface area contributed by atoms with E-state index in [0.29, 0.717) is 26.1 Å². The van der Waals surface area contributed by atoms with Gasteiger partial charge >= 0.3 is 11.9 Å². The molecular weight excluding hydrogens is 424 g/mol. The maximum absolute atomic E-state index is 11.8. The molecule has 0 aromatic heterocycles. The Bertz CT molecular complexity index is 599. The zero-order chi connectivity index (χ0) is 24.5. The summed E-state index contributed by atoms with van der Waals surface area (Å²) >= 11 is 0. The molecule has 1 aromatic carbocycles. The van der Waals surface area contributed by atoms with E-state index in [1.165, 1.54) is 83.5 Å². The molecule has 34 heavy (non-hydrogen) atoms. The molecule has 0 saturated carbocycles. The summed E-state index contributed by atoms with van der Waals surface area (Å²) in [7, 11) is 0. The van der Waals surface area contributed by atoms with Gasteiger partial charge in [-0.3, -0.25) is 9.59 Å². The smallest absolute Gasteiger partial charge is 0.305 e. The van der Waals surface area contributed by atoms with Crippen LogP contribution in [0, 0.1) is 0 Å². The highest BCUT2D eigenvalue weighted by atomic mass is 16.5. The second kappa shape index (κ2) is 22.9. The van der Waals surface area contributed by atoms with Gasteiger partial charge in [0.25, 0.3) is 0 Å². The van der Waals surface area contributed by atoms with E-state index < -0.39 is 0 Å². The average molecular weight is 475 g/mol. The fourth-order valence-electron chi connectivity index (χ4n) is 4.11. The van der Waals surface area contributed by atoms with Gasteiger partial charge in [0.2, 0.25) is 0 Å². The van der Waals surface area contributed by atoms with Gasteiger partial charge in [-0.2, -0.15) is 0 Å². The van der Waals surface area contributed by atoms with E-state index in [1.54, 1.807) is 0 Å². The lowest BCUT2D eigenvalue weighted by molar-refractivity contribution is -0.145. The molecule has 0 N–H and O–H groups in total. The second-order valence-electron chi connectivity index (χ2n) is 9.48. The van der Waals surface area contributed by atoms with Gasteiger partial charge in [0, 0.05) is 19.3 Å². The number of esters is 2. The zero-order valence-corrected chi connectivity index (χ0v) is 21.9. The van der Waals surface area contributed by atoms with E-state index >= 15 is 0 Å². The molecule has 4 nitrogen and oxygen atoms in total. The molecule has 0 spiro atoms. The van der Waals surface area contributed by atoms with Crippen molar-refractivity contribution in [2.24, 2.45) is 0 Å². The van der Waals surface area contributed by atoms with Crippen LogP contribution in [0.2, 0.25) is 0 Å². The molecule has 0 saturated heterocycles. The number of hydrogen-bond donors (Lipinski definition) is 0. The van der Waals surface area contributed by atoms with Crippen molar-refractivity contribution in [1.29, 1.82) is 0 Å². The Labute approximate surface area is 209 Å². The van der Waals surface area contributed by atoms with E-state index in [2.05, 4.69) is 6.92 Å². The molecule has 0 aliphatic rings. The Hall–Kier alpha value is -1.84. The lowest BCUT2D eigenvalue weighted by Crippen LogP contribution is -2.10. The zero-order valence-electron chi connectivity index (χ0n) is 21.9. The maximum Gasteiger partial charge on any atom is 0.305 e. The normalized spacial score (nSPS) is 10.9. The number of hydrogen-bond acceptors (Lipinski definition) is 4. The van der Waals surface area contributed by atoms with E-state index in [-0.39, 0.29) is 24.8 Å². The fraction of sp³-hybridized carbons (Fsp3) is 0.733. The highest BCUT2D eigenvalue weighted by molar-refractivity contribution is 5.72. The second-order valence-corrected chi connectivity index (χ2v) is 9.48. The standard InChI is InChI=1S/C30H50O4/c1-2-3-4-5-6-7-8-9-10-11-12-13-14-15-19-26-33-29(31)23-20-24-30(32)34-27-25-28-21-17-16-18-22-28/h16-18,21-22H,2-15,19-20,23-27H2,1H3. The number of benzene rings is 1. The molecule has 1 rings (SSSR count). The lowest BCUT2D eigenvalue weighted by atomic mass is 10.0. The molecule has 194 valence electrons. The first-order valence-electron chi connectivity index (χ1n) is 14.1. The maximum atomic E-state index is 11.8. The summed E-state index contributed by atoms with van der Waals surface area (Å²) in [5.41, 5.74) is 1.15. The molecule has 0 atom stereocenters. The summed E-state index contributed by atoms with van der Waals surface area (Å²) in [6.45, 7) is 3.15. The first kappa shape index (κ1) is 30.2. The molecule has 1 aromatic rings. The Morgan fingerprint density at radius 1 is 0.559 bits per heavy atom. The van der Waals surface area contributed by atoms with Crippen molar-refractivity contribution in [3.63, 3.8) is 0 Å². The highest BCUT2D eigenvalue weighted by Gasteiger charge is 2.07. The van der Waals surface area contributed by atoms with E-state index in [4.69, 9.17) is 9.47 Å². The van der Waals surface area contributed by atoms with Crippen LogP contribution < -0.4 is 0 Å². The van der Waals surface area contributed by atoms with Crippen molar-refractivity contribution in [2.45, 2.75) is 129 Å². The van der Waals surface area contributed by atoms with Crippen LogP contribution in [0.15, 0.2) is 30.3 Å². The van der Waals surface area contributed by atoms with Gasteiger partial charge in [-0.05, 0) is 18.4 Å². The topological polar surface area (TPSA) is 52.6 Å². The lowest BCUT2D eigenvalue weighted by Gasteiger charge is -2.06. The van der Waals surface area contributed by atoms with Crippen molar-refractivity contribution in [2.75, 3.05) is 13.2 Å². The molecule has 0 fully saturated rings. The highest BCUT2D eigenvalue weighted by Crippen LogP contribution is 2.13. The van der Waals surface area contributed by atoms with Crippen LogP contribution in [-0.4, -0.2) is 25.2 Å². The molecule has 0 amide bonds. The minimum atomic E-state index is -0.244. The van der Waals surface area contributed by atoms with E-state index in [0.717, 1.165) is 18.4 Å². The Balaban J connectivity index is 1.78. The predicted octanol–water partition coefficient (Wildman–Crippen LogP) is 8.36. The number of ether oxygens (including phenoxy) is 2. The molecule has 0 aliphatic carbocycles. The minimum Gasteiger partial charge on any atom is -0.466 e. The quantitative estimate of drug-likeness (QED) is 0.118. The van der Waals surface area contributed by atoms with Gasteiger partial charge < -0.3 is 9.47 Å². The fourth-order valence-corrected chi connectivity index (χ4v) is 4.11. The largest absolute Gasteiger partial charge is 0.466 e. The number of unbranched alkanes of at least 4 members (excludes halogenated alkanes) is 14. The van der Waals surface area contributed by atoms with Crippen molar-refractivity contribution >= 4 is 11.9 Å². The summed E-state index contributed by atoms with van der Waals surface area (Å²) < 4.78 is 10.5. The van der Waals surface area contributed by atoms with Crippen LogP contribution in [0.25, 0.3) is 0 Å². The SMILES string of the molecule is CCCCCCCCCCCCCCCCCOC(=O)CCCC(=O)OCCc1ccccc1. The Morgan fingerprint density at radius 2 is 1.00 bits per heavy atom. The van der Waals surface area contributed by atoms with E-state index in [1.807, 2.05) is 30.3 Å². The molecule has 0 unspecified atom stereocenters. The molecule has 0 radical (unpaired) electrons. The summed E-state index contributed by atoms with van der Waals surface area (Å²) in [4.78, 5) is 23.6. The van der Waals surface area contributed by atoms with Gasteiger partial charge in [0.15, 0.2) is 0 Å².